The zero-order valence-corrected chi connectivity index (χ0v) is 17.5. The zero-order valence-electron chi connectivity index (χ0n) is 16.7. The molecule has 0 bridgehead atoms. The van der Waals surface area contributed by atoms with Crippen LogP contribution >= 0.6 is 11.3 Å². The molecule has 2 N–H and O–H groups in total. The van der Waals surface area contributed by atoms with Gasteiger partial charge in [-0.3, -0.25) is 10.1 Å². The number of hydrogen-bond donors (Lipinski definition) is 2. The first-order chi connectivity index (χ1) is 14.2. The smallest absolute Gasteiger partial charge is 0.238 e. The van der Waals surface area contributed by atoms with Crippen LogP contribution in [0.4, 0.5) is 5.69 Å². The molecule has 3 aromatic rings. The highest BCUT2D eigenvalue weighted by atomic mass is 32.1. The van der Waals surface area contributed by atoms with E-state index in [9.17, 15) is 4.79 Å². The van der Waals surface area contributed by atoms with Gasteiger partial charge in [-0.1, -0.05) is 36.4 Å². The topological polar surface area (TPSA) is 59.6 Å². The van der Waals surface area contributed by atoms with Crippen LogP contribution in [0, 0.1) is 0 Å². The lowest BCUT2D eigenvalue weighted by molar-refractivity contribution is -0.115. The SMILES string of the molecule is CCOc1ccc(NC(=O)CN[C@@H](c2ccccc2)c2cccs2)cc1OCC. The Morgan fingerprint density at radius 2 is 1.72 bits per heavy atom. The van der Waals surface area contributed by atoms with E-state index in [4.69, 9.17) is 9.47 Å². The molecule has 0 radical (unpaired) electrons. The van der Waals surface area contributed by atoms with Crippen LogP contribution in [0.2, 0.25) is 0 Å². The van der Waals surface area contributed by atoms with Gasteiger partial charge in [-0.2, -0.15) is 0 Å². The monoisotopic (exact) mass is 410 g/mol. The lowest BCUT2D eigenvalue weighted by atomic mass is 10.1. The second kappa shape index (κ2) is 10.6. The fourth-order valence-corrected chi connectivity index (χ4v) is 3.84. The molecule has 29 heavy (non-hydrogen) atoms. The standard InChI is InChI=1S/C23H26N2O3S/c1-3-27-19-13-12-18(15-20(19)28-4-2)25-22(26)16-24-23(21-11-8-14-29-21)17-9-6-5-7-10-17/h5-15,23-24H,3-4,16H2,1-2H3,(H,25,26)/t23-/m0/s1. The van der Waals surface area contributed by atoms with E-state index in [-0.39, 0.29) is 18.5 Å². The lowest BCUT2D eigenvalue weighted by Gasteiger charge is -2.18. The number of anilines is 1. The molecule has 0 spiro atoms. The van der Waals surface area contributed by atoms with E-state index in [0.29, 0.717) is 30.4 Å². The summed E-state index contributed by atoms with van der Waals surface area (Å²) < 4.78 is 11.2. The van der Waals surface area contributed by atoms with Crippen molar-refractivity contribution in [1.29, 1.82) is 0 Å². The maximum atomic E-state index is 12.6. The van der Waals surface area contributed by atoms with Crippen LogP contribution in [0.5, 0.6) is 11.5 Å². The van der Waals surface area contributed by atoms with E-state index < -0.39 is 0 Å². The van der Waals surface area contributed by atoms with Gasteiger partial charge < -0.3 is 14.8 Å². The second-order valence-electron chi connectivity index (χ2n) is 6.32. The number of hydrogen-bond acceptors (Lipinski definition) is 5. The maximum Gasteiger partial charge on any atom is 0.238 e. The van der Waals surface area contributed by atoms with Crippen LogP contribution in [0.25, 0.3) is 0 Å². The molecule has 5 nitrogen and oxygen atoms in total. The molecule has 3 rings (SSSR count). The fraction of sp³-hybridized carbons (Fsp3) is 0.261. The van der Waals surface area contributed by atoms with E-state index in [2.05, 4.69) is 28.8 Å². The van der Waals surface area contributed by atoms with Crippen LogP contribution in [0.15, 0.2) is 66.0 Å². The van der Waals surface area contributed by atoms with E-state index in [1.807, 2.05) is 55.6 Å². The number of ether oxygens (including phenoxy) is 2. The molecule has 0 saturated heterocycles. The highest BCUT2D eigenvalue weighted by molar-refractivity contribution is 7.10. The molecular weight excluding hydrogens is 384 g/mol. The van der Waals surface area contributed by atoms with E-state index in [0.717, 1.165) is 5.56 Å². The molecule has 0 unspecified atom stereocenters. The Hall–Kier alpha value is -2.83. The molecule has 6 heteroatoms. The van der Waals surface area contributed by atoms with Crippen LogP contribution in [-0.4, -0.2) is 25.7 Å². The molecule has 1 atom stereocenters. The van der Waals surface area contributed by atoms with Crippen molar-refractivity contribution in [2.45, 2.75) is 19.9 Å². The summed E-state index contributed by atoms with van der Waals surface area (Å²) >= 11 is 1.67. The number of thiophene rings is 1. The predicted molar refractivity (Wildman–Crippen MR) is 118 cm³/mol. The molecule has 0 saturated carbocycles. The first kappa shape index (κ1) is 20.9. The number of rotatable bonds is 10. The quantitative estimate of drug-likeness (QED) is 0.501. The Kier molecular flexibility index (Phi) is 7.67. The van der Waals surface area contributed by atoms with Gasteiger partial charge in [0.05, 0.1) is 25.8 Å². The third-order valence-electron chi connectivity index (χ3n) is 4.25. The summed E-state index contributed by atoms with van der Waals surface area (Å²) in [5, 5.41) is 8.34. The van der Waals surface area contributed by atoms with Gasteiger partial charge in [0.15, 0.2) is 11.5 Å². The van der Waals surface area contributed by atoms with E-state index in [1.165, 1.54) is 4.88 Å². The summed E-state index contributed by atoms with van der Waals surface area (Å²) in [5.74, 6) is 1.18. The molecule has 1 aromatic heterocycles. The summed E-state index contributed by atoms with van der Waals surface area (Å²) in [6.45, 7) is 5.11. The van der Waals surface area contributed by atoms with Crippen molar-refractivity contribution in [2.24, 2.45) is 0 Å². The van der Waals surface area contributed by atoms with Gasteiger partial charge in [0, 0.05) is 16.6 Å². The van der Waals surface area contributed by atoms with Crippen LogP contribution in [-0.2, 0) is 4.79 Å². The van der Waals surface area contributed by atoms with Crippen LogP contribution in [0.3, 0.4) is 0 Å². The lowest BCUT2D eigenvalue weighted by Crippen LogP contribution is -2.31. The average molecular weight is 411 g/mol. The number of amides is 1. The average Bonchev–Trinajstić information content (AvgIpc) is 3.26. The minimum Gasteiger partial charge on any atom is -0.490 e. The van der Waals surface area contributed by atoms with Crippen molar-refractivity contribution in [3.05, 3.63) is 76.5 Å². The van der Waals surface area contributed by atoms with Crippen molar-refractivity contribution in [2.75, 3.05) is 25.1 Å². The Morgan fingerprint density at radius 3 is 2.41 bits per heavy atom. The highest BCUT2D eigenvalue weighted by Crippen LogP contribution is 2.30. The van der Waals surface area contributed by atoms with Gasteiger partial charge in [0.2, 0.25) is 5.91 Å². The van der Waals surface area contributed by atoms with E-state index in [1.54, 1.807) is 17.4 Å². The third-order valence-corrected chi connectivity index (χ3v) is 5.19. The van der Waals surface area contributed by atoms with Gasteiger partial charge in [0.25, 0.3) is 0 Å². The Labute approximate surface area is 175 Å². The Bertz CT molecular complexity index is 898. The van der Waals surface area contributed by atoms with Gasteiger partial charge >= 0.3 is 0 Å². The number of carbonyl (C=O) groups is 1. The van der Waals surface area contributed by atoms with Gasteiger partial charge in [-0.05, 0) is 43.0 Å². The molecule has 2 aromatic carbocycles. The second-order valence-corrected chi connectivity index (χ2v) is 7.30. The first-order valence-electron chi connectivity index (χ1n) is 9.72. The Morgan fingerprint density at radius 1 is 0.966 bits per heavy atom. The van der Waals surface area contributed by atoms with Gasteiger partial charge in [0.1, 0.15) is 0 Å². The summed E-state index contributed by atoms with van der Waals surface area (Å²) in [5.41, 5.74) is 1.80. The molecule has 152 valence electrons. The van der Waals surface area contributed by atoms with Gasteiger partial charge in [-0.25, -0.2) is 0 Å². The maximum absolute atomic E-state index is 12.6. The summed E-state index contributed by atoms with van der Waals surface area (Å²) in [4.78, 5) is 13.7. The molecule has 0 aliphatic heterocycles. The Balaban J connectivity index is 1.66. The first-order valence-corrected chi connectivity index (χ1v) is 10.6. The van der Waals surface area contributed by atoms with Crippen LogP contribution in [0.1, 0.15) is 30.3 Å². The third kappa shape index (κ3) is 5.82. The normalized spacial score (nSPS) is 11.7. The molecule has 1 amide bonds. The van der Waals surface area contributed by atoms with Crippen molar-refractivity contribution < 1.29 is 14.3 Å². The minimum atomic E-state index is -0.117. The summed E-state index contributed by atoms with van der Waals surface area (Å²) in [6, 6.07) is 19.6. The highest BCUT2D eigenvalue weighted by Gasteiger charge is 2.16. The summed E-state index contributed by atoms with van der Waals surface area (Å²) in [6.07, 6.45) is 0. The fourth-order valence-electron chi connectivity index (χ4n) is 3.01. The number of carbonyl (C=O) groups excluding carboxylic acids is 1. The van der Waals surface area contributed by atoms with E-state index >= 15 is 0 Å². The molecule has 1 heterocycles. The molecular formula is C23H26N2O3S. The van der Waals surface area contributed by atoms with Crippen molar-refractivity contribution >= 4 is 22.9 Å². The molecule has 0 fully saturated rings. The summed E-state index contributed by atoms with van der Waals surface area (Å²) in [7, 11) is 0. The van der Waals surface area contributed by atoms with Crippen LogP contribution < -0.4 is 20.1 Å². The van der Waals surface area contributed by atoms with Crippen molar-refractivity contribution in [3.8, 4) is 11.5 Å². The largest absolute Gasteiger partial charge is 0.490 e. The minimum absolute atomic E-state index is 0.0266. The number of benzene rings is 2. The molecule has 0 aliphatic carbocycles. The van der Waals surface area contributed by atoms with Crippen molar-refractivity contribution in [3.63, 3.8) is 0 Å². The van der Waals surface area contributed by atoms with Crippen molar-refractivity contribution in [1.82, 2.24) is 5.32 Å². The zero-order chi connectivity index (χ0) is 20.5. The molecule has 0 aliphatic rings. The predicted octanol–water partition coefficient (Wildman–Crippen LogP) is 4.86. The van der Waals surface area contributed by atoms with Gasteiger partial charge in [-0.15, -0.1) is 11.3 Å². The number of nitrogens with one attached hydrogen (secondary N) is 2.